The Hall–Kier alpha value is -3.30. The number of esters is 1. The van der Waals surface area contributed by atoms with Gasteiger partial charge in [0.25, 0.3) is 11.8 Å². The van der Waals surface area contributed by atoms with Crippen LogP contribution in [0.2, 0.25) is 0 Å². The third-order valence-corrected chi connectivity index (χ3v) is 2.93. The fourth-order valence-electron chi connectivity index (χ4n) is 1.71. The molecule has 0 aliphatic heterocycles. The zero-order chi connectivity index (χ0) is 19.0. The van der Waals surface area contributed by atoms with Gasteiger partial charge in [0.2, 0.25) is 0 Å². The highest BCUT2D eigenvalue weighted by Gasteiger charge is 2.19. The monoisotopic (exact) mass is 353 g/mol. The topological polar surface area (TPSA) is 146 Å². The molecule has 1 atom stereocenters. The molecule has 0 heterocycles. The van der Waals surface area contributed by atoms with E-state index in [0.717, 1.165) is 0 Å². The van der Waals surface area contributed by atoms with Crippen LogP contribution in [0.4, 0.5) is 4.79 Å². The van der Waals surface area contributed by atoms with Gasteiger partial charge in [0.15, 0.2) is 6.10 Å². The van der Waals surface area contributed by atoms with Crippen molar-refractivity contribution in [2.45, 2.75) is 13.0 Å². The van der Waals surface area contributed by atoms with E-state index in [-0.39, 0.29) is 5.56 Å². The van der Waals surface area contributed by atoms with E-state index in [1.54, 1.807) is 11.4 Å². The number of rotatable bonds is 7. The van der Waals surface area contributed by atoms with E-state index in [0.29, 0.717) is 11.5 Å². The van der Waals surface area contributed by atoms with Crippen molar-refractivity contribution in [3.05, 3.63) is 23.8 Å². The van der Waals surface area contributed by atoms with E-state index < -0.39 is 36.5 Å². The molecule has 0 aromatic heterocycles. The van der Waals surface area contributed by atoms with Gasteiger partial charge in [-0.05, 0) is 19.1 Å². The standard InChI is InChI=1S/C15H19N3O7/c1-8(13(20)18-15(16)22)25-12(19)7-17-14(21)9-4-10(23-2)6-11(5-9)24-3/h4-6,8H,7H2,1-3H3,(H,17,21)(H3,16,18,20,22)/t8-/m0/s1. The fraction of sp³-hybridized carbons (Fsp3) is 0.333. The van der Waals surface area contributed by atoms with Crippen molar-refractivity contribution in [2.24, 2.45) is 5.73 Å². The van der Waals surface area contributed by atoms with E-state index >= 15 is 0 Å². The number of benzene rings is 1. The second-order valence-electron chi connectivity index (χ2n) is 4.77. The minimum absolute atomic E-state index is 0.212. The van der Waals surface area contributed by atoms with Crippen molar-refractivity contribution in [2.75, 3.05) is 20.8 Å². The van der Waals surface area contributed by atoms with Gasteiger partial charge in [0, 0.05) is 11.6 Å². The first kappa shape index (κ1) is 19.7. The largest absolute Gasteiger partial charge is 0.497 e. The average Bonchev–Trinajstić information content (AvgIpc) is 2.58. The highest BCUT2D eigenvalue weighted by Crippen LogP contribution is 2.22. The van der Waals surface area contributed by atoms with Gasteiger partial charge < -0.3 is 25.3 Å². The molecule has 0 aliphatic carbocycles. The third kappa shape index (κ3) is 6.37. The van der Waals surface area contributed by atoms with E-state index in [1.807, 2.05) is 0 Å². The maximum absolute atomic E-state index is 12.1. The van der Waals surface area contributed by atoms with Crippen molar-refractivity contribution in [1.82, 2.24) is 10.6 Å². The van der Waals surface area contributed by atoms with Crippen molar-refractivity contribution in [3.63, 3.8) is 0 Å². The molecule has 0 bridgehead atoms. The van der Waals surface area contributed by atoms with E-state index in [4.69, 9.17) is 19.9 Å². The number of carbonyl (C=O) groups excluding carboxylic acids is 4. The molecule has 10 nitrogen and oxygen atoms in total. The molecule has 4 N–H and O–H groups in total. The van der Waals surface area contributed by atoms with Crippen LogP contribution in [0, 0.1) is 0 Å². The Bertz CT molecular complexity index is 653. The summed E-state index contributed by atoms with van der Waals surface area (Å²) in [5, 5.41) is 4.11. The lowest BCUT2D eigenvalue weighted by Crippen LogP contribution is -2.43. The number of carbonyl (C=O) groups is 4. The Labute approximate surface area is 143 Å². The van der Waals surface area contributed by atoms with Crippen LogP contribution >= 0.6 is 0 Å². The number of amides is 4. The lowest BCUT2D eigenvalue weighted by Gasteiger charge is -2.13. The molecule has 1 rings (SSSR count). The number of methoxy groups -OCH3 is 2. The van der Waals surface area contributed by atoms with E-state index in [1.165, 1.54) is 33.3 Å². The first-order valence-electron chi connectivity index (χ1n) is 7.07. The van der Waals surface area contributed by atoms with Gasteiger partial charge in [-0.25, -0.2) is 4.79 Å². The summed E-state index contributed by atoms with van der Waals surface area (Å²) in [6.07, 6.45) is -1.24. The molecule has 0 saturated heterocycles. The zero-order valence-electron chi connectivity index (χ0n) is 14.0. The van der Waals surface area contributed by atoms with Crippen LogP contribution in [0.25, 0.3) is 0 Å². The van der Waals surface area contributed by atoms with Crippen molar-refractivity contribution in [3.8, 4) is 11.5 Å². The molecule has 0 saturated carbocycles. The minimum Gasteiger partial charge on any atom is -0.497 e. The summed E-state index contributed by atoms with van der Waals surface area (Å²) in [5.74, 6) is -1.49. The number of primary amides is 1. The fourth-order valence-corrected chi connectivity index (χ4v) is 1.71. The third-order valence-electron chi connectivity index (χ3n) is 2.93. The number of imide groups is 1. The Kier molecular flexibility index (Phi) is 7.19. The molecular formula is C15H19N3O7. The number of nitrogens with one attached hydrogen (secondary N) is 2. The molecule has 1 aromatic carbocycles. The second kappa shape index (κ2) is 9.11. The van der Waals surface area contributed by atoms with Gasteiger partial charge in [0.1, 0.15) is 18.0 Å². The smallest absolute Gasteiger partial charge is 0.326 e. The summed E-state index contributed by atoms with van der Waals surface area (Å²) >= 11 is 0. The van der Waals surface area contributed by atoms with Gasteiger partial charge in [-0.1, -0.05) is 0 Å². The van der Waals surface area contributed by atoms with Crippen molar-refractivity contribution >= 4 is 23.8 Å². The minimum atomic E-state index is -1.24. The van der Waals surface area contributed by atoms with Crippen LogP contribution in [0.1, 0.15) is 17.3 Å². The molecule has 0 spiro atoms. The molecule has 1 aromatic rings. The summed E-state index contributed by atoms with van der Waals surface area (Å²) in [6, 6.07) is 3.45. The molecule has 4 amide bonds. The van der Waals surface area contributed by atoms with Gasteiger partial charge in [-0.15, -0.1) is 0 Å². The van der Waals surface area contributed by atoms with Crippen LogP contribution in [-0.2, 0) is 14.3 Å². The highest BCUT2D eigenvalue weighted by molar-refractivity contribution is 5.98. The summed E-state index contributed by atoms with van der Waals surface area (Å²) < 4.78 is 14.9. The van der Waals surface area contributed by atoms with E-state index in [2.05, 4.69) is 5.32 Å². The van der Waals surface area contributed by atoms with Gasteiger partial charge >= 0.3 is 12.0 Å². The molecule has 0 unspecified atom stereocenters. The van der Waals surface area contributed by atoms with E-state index in [9.17, 15) is 19.2 Å². The Morgan fingerprint density at radius 3 is 2.12 bits per heavy atom. The molecule has 0 radical (unpaired) electrons. The van der Waals surface area contributed by atoms with Crippen molar-refractivity contribution < 1.29 is 33.4 Å². The van der Waals surface area contributed by atoms with Crippen LogP contribution in [0.5, 0.6) is 11.5 Å². The molecule has 0 fully saturated rings. The van der Waals surface area contributed by atoms with Crippen LogP contribution in [-0.4, -0.2) is 50.7 Å². The Morgan fingerprint density at radius 2 is 1.64 bits per heavy atom. The molecule has 10 heteroatoms. The summed E-state index contributed by atoms with van der Waals surface area (Å²) in [6.45, 7) is 0.775. The average molecular weight is 353 g/mol. The van der Waals surface area contributed by atoms with Gasteiger partial charge in [-0.2, -0.15) is 0 Å². The maximum Gasteiger partial charge on any atom is 0.326 e. The molecule has 25 heavy (non-hydrogen) atoms. The van der Waals surface area contributed by atoms with Gasteiger partial charge in [-0.3, -0.25) is 19.7 Å². The summed E-state index contributed by atoms with van der Waals surface area (Å²) in [7, 11) is 2.87. The van der Waals surface area contributed by atoms with Crippen molar-refractivity contribution in [1.29, 1.82) is 0 Å². The lowest BCUT2D eigenvalue weighted by atomic mass is 10.2. The van der Waals surface area contributed by atoms with Gasteiger partial charge in [0.05, 0.1) is 14.2 Å². The Balaban J connectivity index is 2.60. The predicted molar refractivity (Wildman–Crippen MR) is 85.2 cm³/mol. The molecular weight excluding hydrogens is 334 g/mol. The van der Waals surface area contributed by atoms with Crippen LogP contribution < -0.4 is 25.8 Å². The van der Waals surface area contributed by atoms with Crippen LogP contribution in [0.15, 0.2) is 18.2 Å². The number of hydrogen-bond acceptors (Lipinski definition) is 7. The zero-order valence-corrected chi connectivity index (χ0v) is 14.0. The number of urea groups is 1. The predicted octanol–water partition coefficient (Wildman–Crippen LogP) is -0.440. The normalized spacial score (nSPS) is 11.0. The Morgan fingerprint density at radius 1 is 1.08 bits per heavy atom. The first-order valence-corrected chi connectivity index (χ1v) is 7.07. The maximum atomic E-state index is 12.1. The number of nitrogens with two attached hydrogens (primary N) is 1. The molecule has 136 valence electrons. The first-order chi connectivity index (χ1) is 11.8. The highest BCUT2D eigenvalue weighted by atomic mass is 16.5. The number of hydrogen-bond donors (Lipinski definition) is 3. The summed E-state index contributed by atoms with van der Waals surface area (Å²) in [5.41, 5.74) is 4.99. The lowest BCUT2D eigenvalue weighted by molar-refractivity contribution is -0.153. The van der Waals surface area contributed by atoms with Crippen LogP contribution in [0.3, 0.4) is 0 Å². The SMILES string of the molecule is COc1cc(OC)cc(C(=O)NCC(=O)O[C@@H](C)C(=O)NC(N)=O)c1. The second-order valence-corrected chi connectivity index (χ2v) is 4.77. The summed E-state index contributed by atoms with van der Waals surface area (Å²) in [4.78, 5) is 45.7. The quantitative estimate of drug-likeness (QED) is 0.563. The number of ether oxygens (including phenoxy) is 3. The molecule has 0 aliphatic rings.